The van der Waals surface area contributed by atoms with Gasteiger partial charge in [-0.25, -0.2) is 0 Å². The van der Waals surface area contributed by atoms with Crippen molar-refractivity contribution < 1.29 is 17.4 Å². The second-order valence-electron chi connectivity index (χ2n) is 7.86. The Balaban J connectivity index is 1.80. The Morgan fingerprint density at radius 2 is 2.20 bits per heavy atom. The van der Waals surface area contributed by atoms with Crippen LogP contribution < -0.4 is 5.32 Å². The van der Waals surface area contributed by atoms with Crippen LogP contribution in [0.15, 0.2) is 17.5 Å². The number of ketones is 1. The van der Waals surface area contributed by atoms with Crippen molar-refractivity contribution in [1.29, 1.82) is 0 Å². The molecule has 0 aromatic carbocycles. The molecule has 0 saturated heterocycles. The molecule has 5 nitrogen and oxygen atoms in total. The lowest BCUT2D eigenvalue weighted by Gasteiger charge is -2.36. The summed E-state index contributed by atoms with van der Waals surface area (Å²) in [7, 11) is -1.98. The van der Waals surface area contributed by atoms with E-state index in [1.165, 1.54) is 11.3 Å². The van der Waals surface area contributed by atoms with E-state index in [1.54, 1.807) is 0 Å². The van der Waals surface area contributed by atoms with Gasteiger partial charge in [0, 0.05) is 11.3 Å². The topological polar surface area (TPSA) is 72.5 Å². The van der Waals surface area contributed by atoms with Crippen molar-refractivity contribution in [3.8, 4) is 0 Å². The molecular formula is C18H27NO4S2. The summed E-state index contributed by atoms with van der Waals surface area (Å²) in [6.45, 7) is 4.75. The molecule has 2 unspecified atom stereocenters. The number of thiophene rings is 1. The van der Waals surface area contributed by atoms with E-state index in [0.717, 1.165) is 11.3 Å². The average molecular weight is 386 g/mol. The van der Waals surface area contributed by atoms with Crippen LogP contribution in [0.5, 0.6) is 0 Å². The molecule has 2 aliphatic rings. The zero-order valence-electron chi connectivity index (χ0n) is 15.1. The summed E-state index contributed by atoms with van der Waals surface area (Å²) in [4.78, 5) is 13.5. The number of carbonyl (C=O) groups excluding carboxylic acids is 1. The molecule has 1 heterocycles. The van der Waals surface area contributed by atoms with Gasteiger partial charge in [0.25, 0.3) is 10.1 Å². The molecule has 0 spiro atoms. The zero-order chi connectivity index (χ0) is 18.3. The Bertz CT molecular complexity index is 726. The Morgan fingerprint density at radius 1 is 1.44 bits per heavy atom. The minimum Gasteiger partial charge on any atom is -0.320 e. The first-order valence-corrected chi connectivity index (χ1v) is 11.3. The minimum atomic E-state index is -3.81. The lowest BCUT2D eigenvalue weighted by molar-refractivity contribution is -0.128. The van der Waals surface area contributed by atoms with Crippen LogP contribution in [0.4, 0.5) is 0 Å². The predicted octanol–water partition coefficient (Wildman–Crippen LogP) is 3.14. The first-order valence-electron chi connectivity index (χ1n) is 8.84. The van der Waals surface area contributed by atoms with Gasteiger partial charge < -0.3 is 5.32 Å². The van der Waals surface area contributed by atoms with Crippen molar-refractivity contribution >= 4 is 27.2 Å². The van der Waals surface area contributed by atoms with Crippen LogP contribution in [0.3, 0.4) is 0 Å². The number of nitrogens with one attached hydrogen (secondary N) is 1. The van der Waals surface area contributed by atoms with Crippen molar-refractivity contribution in [3.05, 3.63) is 22.4 Å². The highest BCUT2D eigenvalue weighted by molar-refractivity contribution is 7.86. The molecule has 1 aromatic heterocycles. The van der Waals surface area contributed by atoms with E-state index in [-0.39, 0.29) is 17.0 Å². The molecule has 0 amide bonds. The third-order valence-corrected chi connectivity index (χ3v) is 8.68. The molecule has 2 bridgehead atoms. The smallest absolute Gasteiger partial charge is 0.268 e. The lowest BCUT2D eigenvalue weighted by Crippen LogP contribution is -2.42. The van der Waals surface area contributed by atoms with Crippen molar-refractivity contribution in [3.63, 3.8) is 0 Å². The van der Waals surface area contributed by atoms with Gasteiger partial charge in [0.05, 0.1) is 11.2 Å². The molecule has 3 rings (SSSR count). The molecular weight excluding hydrogens is 358 g/mol. The third kappa shape index (κ3) is 3.31. The predicted molar refractivity (Wildman–Crippen MR) is 99.0 cm³/mol. The zero-order valence-corrected chi connectivity index (χ0v) is 16.7. The van der Waals surface area contributed by atoms with E-state index in [2.05, 4.69) is 5.32 Å². The highest BCUT2D eigenvalue weighted by atomic mass is 32.2. The van der Waals surface area contributed by atoms with Crippen LogP contribution in [0.1, 0.15) is 50.5 Å². The minimum absolute atomic E-state index is 0.101. The second kappa shape index (κ2) is 6.76. The molecule has 7 heteroatoms. The normalized spacial score (nSPS) is 29.2. The van der Waals surface area contributed by atoms with Gasteiger partial charge in [0.1, 0.15) is 11.9 Å². The highest BCUT2D eigenvalue weighted by Gasteiger charge is 2.65. The van der Waals surface area contributed by atoms with Gasteiger partial charge in [-0.1, -0.05) is 19.9 Å². The summed E-state index contributed by atoms with van der Waals surface area (Å²) < 4.78 is 31.4. The van der Waals surface area contributed by atoms with Gasteiger partial charge in [-0.05, 0) is 55.6 Å². The molecule has 2 fully saturated rings. The Morgan fingerprint density at radius 3 is 2.72 bits per heavy atom. The van der Waals surface area contributed by atoms with Gasteiger partial charge >= 0.3 is 0 Å². The summed E-state index contributed by atoms with van der Waals surface area (Å²) in [5.74, 6) is 0.209. The number of carbonyl (C=O) groups is 1. The van der Waals surface area contributed by atoms with E-state index in [9.17, 15) is 13.2 Å². The monoisotopic (exact) mass is 385 g/mol. The highest BCUT2D eigenvalue weighted by Crippen LogP contribution is 2.64. The lowest BCUT2D eigenvalue weighted by atomic mass is 9.70. The van der Waals surface area contributed by atoms with Gasteiger partial charge in [-0.2, -0.15) is 8.42 Å². The molecule has 2 saturated carbocycles. The number of fused-ring (bicyclic) bond motifs is 2. The SMILES string of the molecule is CNCC[C@H](OS(=O)(=O)CC12CCC(CC1=O)C2(C)C)c1cccs1. The van der Waals surface area contributed by atoms with Gasteiger partial charge in [-0.3, -0.25) is 8.98 Å². The first-order chi connectivity index (χ1) is 11.7. The molecule has 1 aromatic rings. The van der Waals surface area contributed by atoms with Crippen LogP contribution in [0.2, 0.25) is 0 Å². The molecule has 0 aliphatic heterocycles. The summed E-state index contributed by atoms with van der Waals surface area (Å²) in [5.41, 5.74) is -1.05. The van der Waals surface area contributed by atoms with Gasteiger partial charge in [0.15, 0.2) is 0 Å². The maximum atomic E-state index is 12.9. The summed E-state index contributed by atoms with van der Waals surface area (Å²) >= 11 is 1.49. The van der Waals surface area contributed by atoms with Gasteiger partial charge in [0.2, 0.25) is 0 Å². The Hall–Kier alpha value is -0.760. The fraction of sp³-hybridized carbons (Fsp3) is 0.722. The number of hydrogen-bond donors (Lipinski definition) is 1. The summed E-state index contributed by atoms with van der Waals surface area (Å²) in [5, 5.41) is 4.96. The van der Waals surface area contributed by atoms with E-state index in [0.29, 0.717) is 31.7 Å². The summed E-state index contributed by atoms with van der Waals surface area (Å²) in [6, 6.07) is 3.79. The van der Waals surface area contributed by atoms with Crippen molar-refractivity contribution in [2.24, 2.45) is 16.7 Å². The fourth-order valence-corrected chi connectivity index (χ4v) is 7.36. The van der Waals surface area contributed by atoms with Crippen LogP contribution in [0.25, 0.3) is 0 Å². The van der Waals surface area contributed by atoms with Crippen molar-refractivity contribution in [1.82, 2.24) is 5.32 Å². The summed E-state index contributed by atoms with van der Waals surface area (Å²) in [6.07, 6.45) is 2.18. The number of hydrogen-bond acceptors (Lipinski definition) is 6. The van der Waals surface area contributed by atoms with E-state index in [4.69, 9.17) is 4.18 Å². The average Bonchev–Trinajstić information content (AvgIpc) is 3.18. The van der Waals surface area contributed by atoms with Gasteiger partial charge in [-0.15, -0.1) is 11.3 Å². The fourth-order valence-electron chi connectivity index (χ4n) is 4.61. The third-order valence-electron chi connectivity index (χ3n) is 6.34. The van der Waals surface area contributed by atoms with Crippen LogP contribution in [0, 0.1) is 16.7 Å². The van der Waals surface area contributed by atoms with E-state index < -0.39 is 21.6 Å². The maximum absolute atomic E-state index is 12.9. The van der Waals surface area contributed by atoms with Crippen LogP contribution in [-0.2, 0) is 19.1 Å². The molecule has 2 aliphatic carbocycles. The number of rotatable bonds is 8. The first kappa shape index (κ1) is 19.0. The quantitative estimate of drug-likeness (QED) is 0.696. The molecule has 3 atom stereocenters. The van der Waals surface area contributed by atoms with E-state index >= 15 is 0 Å². The molecule has 0 radical (unpaired) electrons. The maximum Gasteiger partial charge on any atom is 0.268 e. The van der Waals surface area contributed by atoms with Crippen molar-refractivity contribution in [2.45, 2.75) is 45.6 Å². The standard InChI is InChI=1S/C18H27NO4S2/c1-17(2)13-6-8-18(17,16(20)11-13)12-25(21,22)23-14(7-9-19-3)15-5-4-10-24-15/h4-5,10,13-14,19H,6-9,11-12H2,1-3H3/t13?,14-,18?/m0/s1. The molecule has 25 heavy (non-hydrogen) atoms. The van der Waals surface area contributed by atoms with Crippen molar-refractivity contribution in [2.75, 3.05) is 19.3 Å². The Labute approximate surface area is 154 Å². The van der Waals surface area contributed by atoms with E-state index in [1.807, 2.05) is 38.4 Å². The van der Waals surface area contributed by atoms with Crippen LogP contribution in [-0.4, -0.2) is 33.5 Å². The largest absolute Gasteiger partial charge is 0.320 e. The second-order valence-corrected chi connectivity index (χ2v) is 10.4. The molecule has 140 valence electrons. The van der Waals surface area contributed by atoms with Crippen LogP contribution >= 0.6 is 11.3 Å². The molecule has 1 N–H and O–H groups in total. The number of Topliss-reactive ketones (excluding diaryl/α,β-unsaturated/α-hetero) is 1. The Kier molecular flexibility index (Phi) is 5.14.